The third kappa shape index (κ3) is 7.53. The van der Waals surface area contributed by atoms with Gasteiger partial charge in [0, 0.05) is 25.6 Å². The Morgan fingerprint density at radius 2 is 1.64 bits per heavy atom. The predicted molar refractivity (Wildman–Crippen MR) is 173 cm³/mol. The van der Waals surface area contributed by atoms with Crippen LogP contribution in [0.3, 0.4) is 0 Å². The van der Waals surface area contributed by atoms with Crippen LogP contribution in [0.2, 0.25) is 0 Å². The van der Waals surface area contributed by atoms with Gasteiger partial charge in [-0.2, -0.15) is 0 Å². The van der Waals surface area contributed by atoms with Crippen molar-refractivity contribution in [1.82, 2.24) is 9.80 Å². The third-order valence-corrected chi connectivity index (χ3v) is 9.45. The van der Waals surface area contributed by atoms with Crippen LogP contribution in [0.1, 0.15) is 29.8 Å². The lowest BCUT2D eigenvalue weighted by Gasteiger charge is -2.38. The number of likely N-dealkylation sites (N-methyl/N-ethyl adjacent to an activating group) is 1. The Labute approximate surface area is 264 Å². The van der Waals surface area contributed by atoms with Crippen LogP contribution in [0.4, 0.5) is 10.1 Å². The molecule has 0 saturated heterocycles. The van der Waals surface area contributed by atoms with E-state index in [2.05, 4.69) is 46.0 Å². The summed E-state index contributed by atoms with van der Waals surface area (Å²) in [4.78, 5) is 17.4. The Bertz CT molecular complexity index is 1720. The Balaban J connectivity index is 1.42. The summed E-state index contributed by atoms with van der Waals surface area (Å²) < 4.78 is 49.1. The van der Waals surface area contributed by atoms with Crippen molar-refractivity contribution in [2.45, 2.75) is 37.4 Å². The average Bonchev–Trinajstić information content (AvgIpc) is 3.03. The maximum Gasteiger partial charge on any atom is 0.262 e. The van der Waals surface area contributed by atoms with Gasteiger partial charge in [-0.3, -0.25) is 14.4 Å². The lowest BCUT2D eigenvalue weighted by atomic mass is 9.98. The fourth-order valence-electron chi connectivity index (χ4n) is 5.48. The summed E-state index contributed by atoms with van der Waals surface area (Å²) in [6, 6.07) is 27.3. The Morgan fingerprint density at radius 3 is 2.31 bits per heavy atom. The number of halogens is 1. The molecule has 8 nitrogen and oxygen atoms in total. The third-order valence-electron chi connectivity index (χ3n) is 8.06. The van der Waals surface area contributed by atoms with Crippen LogP contribution < -0.4 is 9.46 Å². The van der Waals surface area contributed by atoms with Crippen LogP contribution in [0, 0.1) is 11.7 Å². The molecule has 0 bridgehead atoms. The molecule has 1 aliphatic heterocycles. The van der Waals surface area contributed by atoms with Gasteiger partial charge < -0.3 is 14.7 Å². The highest BCUT2D eigenvalue weighted by molar-refractivity contribution is 7.92. The summed E-state index contributed by atoms with van der Waals surface area (Å²) in [5, 5.41) is 9.97. The number of aliphatic hydroxyl groups excluding tert-OH is 1. The number of rotatable bonds is 10. The number of anilines is 1. The van der Waals surface area contributed by atoms with E-state index in [4.69, 9.17) is 4.74 Å². The van der Waals surface area contributed by atoms with Gasteiger partial charge in [0.1, 0.15) is 11.9 Å². The lowest BCUT2D eigenvalue weighted by Crippen LogP contribution is -2.49. The summed E-state index contributed by atoms with van der Waals surface area (Å²) in [6.45, 7) is 4.99. The molecule has 0 radical (unpaired) electrons. The summed E-state index contributed by atoms with van der Waals surface area (Å²) in [6.07, 6.45) is -0.435. The number of hydrogen-bond donors (Lipinski definition) is 2. The van der Waals surface area contributed by atoms with Crippen molar-refractivity contribution in [2.75, 3.05) is 31.5 Å². The summed E-state index contributed by atoms with van der Waals surface area (Å²) in [5.74, 6) is -0.980. The molecule has 2 N–H and O–H groups in total. The van der Waals surface area contributed by atoms with Gasteiger partial charge in [0.15, 0.2) is 5.75 Å². The molecule has 0 unspecified atom stereocenters. The minimum atomic E-state index is -4.13. The quantitative estimate of drug-likeness (QED) is 0.235. The van der Waals surface area contributed by atoms with Crippen molar-refractivity contribution >= 4 is 21.6 Å². The van der Waals surface area contributed by atoms with Crippen molar-refractivity contribution in [3.8, 4) is 16.9 Å². The number of ether oxygens (including phenoxy) is 1. The number of sulfonamides is 1. The number of fused-ring (bicyclic) bond motifs is 1. The smallest absolute Gasteiger partial charge is 0.262 e. The first kappa shape index (κ1) is 32.2. The first-order chi connectivity index (χ1) is 21.6. The van der Waals surface area contributed by atoms with E-state index in [0.717, 1.165) is 28.8 Å². The minimum Gasteiger partial charge on any atom is -0.486 e. The normalized spacial score (nSPS) is 17.6. The van der Waals surface area contributed by atoms with Gasteiger partial charge in [-0.15, -0.1) is 0 Å². The molecule has 45 heavy (non-hydrogen) atoms. The minimum absolute atomic E-state index is 0.0973. The Hall–Kier alpha value is -4.25. The zero-order chi connectivity index (χ0) is 32.1. The number of amides is 1. The van der Waals surface area contributed by atoms with Crippen LogP contribution in [0.5, 0.6) is 5.75 Å². The molecular formula is C35H38FN3O5S. The van der Waals surface area contributed by atoms with Gasteiger partial charge in [0.25, 0.3) is 15.9 Å². The average molecular weight is 632 g/mol. The van der Waals surface area contributed by atoms with Gasteiger partial charge in [-0.25, -0.2) is 12.8 Å². The Kier molecular flexibility index (Phi) is 9.86. The molecule has 4 aromatic rings. The highest BCUT2D eigenvalue weighted by atomic mass is 32.2. The molecule has 1 heterocycles. The van der Waals surface area contributed by atoms with Crippen LogP contribution in [0.25, 0.3) is 11.1 Å². The van der Waals surface area contributed by atoms with E-state index < -0.39 is 28.0 Å². The van der Waals surface area contributed by atoms with Crippen LogP contribution in [-0.4, -0.2) is 68.1 Å². The van der Waals surface area contributed by atoms with E-state index in [1.54, 1.807) is 24.0 Å². The molecule has 1 aliphatic rings. The molecule has 10 heteroatoms. The van der Waals surface area contributed by atoms with Crippen LogP contribution >= 0.6 is 0 Å². The highest BCUT2D eigenvalue weighted by Gasteiger charge is 2.35. The molecule has 0 saturated carbocycles. The molecule has 0 spiro atoms. The predicted octanol–water partition coefficient (Wildman–Crippen LogP) is 5.65. The van der Waals surface area contributed by atoms with Crippen molar-refractivity contribution < 1.29 is 27.4 Å². The number of aliphatic hydroxyl groups is 1. The molecule has 0 fully saturated rings. The maximum atomic E-state index is 13.8. The van der Waals surface area contributed by atoms with E-state index in [9.17, 15) is 22.7 Å². The molecular weight excluding hydrogens is 593 g/mol. The van der Waals surface area contributed by atoms with Gasteiger partial charge in [0.2, 0.25) is 0 Å². The molecule has 236 valence electrons. The molecule has 3 atom stereocenters. The lowest BCUT2D eigenvalue weighted by molar-refractivity contribution is 0.0344. The van der Waals surface area contributed by atoms with Crippen LogP contribution in [-0.2, 0) is 16.6 Å². The van der Waals surface area contributed by atoms with Gasteiger partial charge in [-0.05, 0) is 67.1 Å². The number of hydrogen-bond acceptors (Lipinski definition) is 6. The number of nitrogens with zero attached hydrogens (tertiary/aromatic N) is 2. The molecule has 0 aromatic heterocycles. The maximum absolute atomic E-state index is 13.8. The largest absolute Gasteiger partial charge is 0.486 e. The second-order valence-corrected chi connectivity index (χ2v) is 13.3. The monoisotopic (exact) mass is 631 g/mol. The summed E-state index contributed by atoms with van der Waals surface area (Å²) >= 11 is 0. The standard InChI is InChI=1S/C35H38FN3O5S/c1-24-20-39(25(2)23-40)35(41)31-10-7-11-32(37-45(42,43)30-18-16-29(36)17-19-30)34(31)44-33(24)22-38(3)21-26-12-14-28(15-13-26)27-8-5-4-6-9-27/h4-19,24-25,33,37,40H,20-23H2,1-3H3/t24-,25-,33+/m1/s1. The zero-order valence-electron chi connectivity index (χ0n) is 25.6. The van der Waals surface area contributed by atoms with E-state index in [0.29, 0.717) is 19.6 Å². The summed E-state index contributed by atoms with van der Waals surface area (Å²) in [5.41, 5.74) is 3.68. The number of carbonyl (C=O) groups excluding carboxylic acids is 1. The SMILES string of the molecule is C[C@@H]1CN([C@H](C)CO)C(=O)c2cccc(NS(=O)(=O)c3ccc(F)cc3)c2O[C@H]1CN(C)Cc1ccc(-c2ccccc2)cc1. The van der Waals surface area contributed by atoms with Gasteiger partial charge >= 0.3 is 0 Å². The van der Waals surface area contributed by atoms with Gasteiger partial charge in [-0.1, -0.05) is 67.6 Å². The van der Waals surface area contributed by atoms with Crippen LogP contribution in [0.15, 0.2) is 102 Å². The first-order valence-electron chi connectivity index (χ1n) is 14.9. The van der Waals surface area contributed by atoms with E-state index in [-0.39, 0.29) is 40.3 Å². The first-order valence-corrected chi connectivity index (χ1v) is 16.4. The molecule has 1 amide bonds. The fourth-order valence-corrected chi connectivity index (χ4v) is 6.54. The second kappa shape index (κ2) is 13.8. The van der Waals surface area contributed by atoms with Gasteiger partial charge in [0.05, 0.1) is 28.8 Å². The fraction of sp³-hybridized carbons (Fsp3) is 0.286. The highest BCUT2D eigenvalue weighted by Crippen LogP contribution is 2.36. The van der Waals surface area contributed by atoms with E-state index >= 15 is 0 Å². The number of nitrogens with one attached hydrogen (secondary N) is 1. The number of carbonyl (C=O) groups is 1. The van der Waals surface area contributed by atoms with Crippen molar-refractivity contribution in [1.29, 1.82) is 0 Å². The summed E-state index contributed by atoms with van der Waals surface area (Å²) in [7, 11) is -2.14. The van der Waals surface area contributed by atoms with E-state index in [1.165, 1.54) is 18.2 Å². The topological polar surface area (TPSA) is 99.2 Å². The zero-order valence-corrected chi connectivity index (χ0v) is 26.4. The van der Waals surface area contributed by atoms with Crippen molar-refractivity contribution in [2.24, 2.45) is 5.92 Å². The molecule has 4 aromatic carbocycles. The van der Waals surface area contributed by atoms with Crippen molar-refractivity contribution in [3.63, 3.8) is 0 Å². The number of benzene rings is 4. The molecule has 5 rings (SSSR count). The molecule has 0 aliphatic carbocycles. The Morgan fingerprint density at radius 1 is 0.978 bits per heavy atom. The van der Waals surface area contributed by atoms with Crippen molar-refractivity contribution in [3.05, 3.63) is 114 Å². The number of para-hydroxylation sites is 1. The van der Waals surface area contributed by atoms with E-state index in [1.807, 2.05) is 32.2 Å². The second-order valence-electron chi connectivity index (χ2n) is 11.6.